The van der Waals surface area contributed by atoms with Crippen LogP contribution in [-0.4, -0.2) is 52.7 Å². The van der Waals surface area contributed by atoms with Gasteiger partial charge in [-0.1, -0.05) is 11.6 Å². The van der Waals surface area contributed by atoms with E-state index in [4.69, 9.17) is 16.3 Å². The third-order valence-electron chi connectivity index (χ3n) is 4.10. The van der Waals surface area contributed by atoms with E-state index in [1.165, 1.54) is 0 Å². The highest BCUT2D eigenvalue weighted by Gasteiger charge is 2.28. The molecule has 1 aliphatic heterocycles. The molecule has 0 bridgehead atoms. The maximum Gasteiger partial charge on any atom is 0.410 e. The van der Waals surface area contributed by atoms with Crippen molar-refractivity contribution in [3.05, 3.63) is 21.6 Å². The zero-order valence-corrected chi connectivity index (χ0v) is 18.7. The van der Waals surface area contributed by atoms with Gasteiger partial charge in [-0.05, 0) is 42.8 Å². The zero-order chi connectivity index (χ0) is 19.9. The van der Waals surface area contributed by atoms with Crippen molar-refractivity contribution in [2.45, 2.75) is 26.4 Å². The first-order chi connectivity index (χ1) is 12.6. The van der Waals surface area contributed by atoms with Gasteiger partial charge in [-0.2, -0.15) is 9.37 Å². The fourth-order valence-electron chi connectivity index (χ4n) is 2.86. The molecule has 1 unspecified atom stereocenters. The maximum atomic E-state index is 14.1. The average molecular weight is 478 g/mol. The Morgan fingerprint density at radius 1 is 1.30 bits per heavy atom. The second-order valence-electron chi connectivity index (χ2n) is 7.25. The molecule has 1 amide bonds. The van der Waals surface area contributed by atoms with Crippen LogP contribution in [0.3, 0.4) is 0 Å². The van der Waals surface area contributed by atoms with Gasteiger partial charge in [0.1, 0.15) is 11.4 Å². The number of aromatic nitrogens is 2. The van der Waals surface area contributed by atoms with Crippen LogP contribution >= 0.6 is 36.8 Å². The molecular weight excluding hydrogens is 458 g/mol. The summed E-state index contributed by atoms with van der Waals surface area (Å²) in [5, 5.41) is 1.84. The highest BCUT2D eigenvalue weighted by atomic mass is 79.9. The van der Waals surface area contributed by atoms with Crippen molar-refractivity contribution in [2.75, 3.05) is 31.1 Å². The summed E-state index contributed by atoms with van der Waals surface area (Å²) < 4.78 is 20.1. The van der Waals surface area contributed by atoms with Gasteiger partial charge in [0.2, 0.25) is 0 Å². The first-order valence-corrected chi connectivity index (χ1v) is 10.2. The van der Waals surface area contributed by atoms with Crippen LogP contribution in [0, 0.1) is 6.08 Å². The molecule has 6 nitrogen and oxygen atoms in total. The molecule has 10 heteroatoms. The van der Waals surface area contributed by atoms with E-state index in [9.17, 15) is 9.18 Å². The molecule has 0 spiro atoms. The van der Waals surface area contributed by atoms with Gasteiger partial charge in [-0.3, -0.25) is 0 Å². The molecule has 0 aliphatic carbocycles. The first-order valence-electron chi connectivity index (χ1n) is 8.40. The van der Waals surface area contributed by atoms with Crippen molar-refractivity contribution >= 4 is 64.9 Å². The number of halogens is 3. The van der Waals surface area contributed by atoms with Crippen molar-refractivity contribution in [1.29, 1.82) is 0 Å². The number of fused-ring (bicyclic) bond motifs is 1. The van der Waals surface area contributed by atoms with Crippen LogP contribution < -0.4 is 10.2 Å². The summed E-state index contributed by atoms with van der Waals surface area (Å²) in [5.74, 6) is 0.472. The van der Waals surface area contributed by atoms with Crippen LogP contribution in [-0.2, 0) is 4.74 Å². The number of piperazine rings is 1. The number of benzene rings is 1. The third-order valence-corrected chi connectivity index (χ3v) is 6.47. The Labute approximate surface area is 172 Å². The predicted molar refractivity (Wildman–Crippen MR) is 112 cm³/mol. The Hall–Kier alpha value is -1.24. The van der Waals surface area contributed by atoms with E-state index in [2.05, 4.69) is 35.1 Å². The number of hydrogen-bond acceptors (Lipinski definition) is 5. The van der Waals surface area contributed by atoms with Crippen molar-refractivity contribution in [3.8, 4) is 0 Å². The molecule has 0 radical (unpaired) electrons. The van der Waals surface area contributed by atoms with Crippen molar-refractivity contribution < 1.29 is 13.9 Å². The van der Waals surface area contributed by atoms with E-state index in [-0.39, 0.29) is 6.09 Å². The number of hydrogen-bond donors (Lipinski definition) is 0. The summed E-state index contributed by atoms with van der Waals surface area (Å²) in [7, 11) is 2.53. The van der Waals surface area contributed by atoms with E-state index in [0.29, 0.717) is 57.7 Å². The van der Waals surface area contributed by atoms with Gasteiger partial charge in [0.15, 0.2) is 0 Å². The highest BCUT2D eigenvalue weighted by molar-refractivity contribution is 9.10. The average Bonchev–Trinajstić information content (AvgIpc) is 2.59. The molecule has 0 saturated carbocycles. The Morgan fingerprint density at radius 2 is 1.93 bits per heavy atom. The topological polar surface area (TPSA) is 58.6 Å². The summed E-state index contributed by atoms with van der Waals surface area (Å²) in [5.41, 5.74) is -0.0622. The normalized spacial score (nSPS) is 15.4. The summed E-state index contributed by atoms with van der Waals surface area (Å²) in [6, 6.07) is 1.73. The monoisotopic (exact) mass is 476 g/mol. The van der Waals surface area contributed by atoms with Gasteiger partial charge in [-0.15, -0.1) is 9.24 Å². The van der Waals surface area contributed by atoms with Crippen LogP contribution in [0.5, 0.6) is 0 Å². The van der Waals surface area contributed by atoms with E-state index in [0.717, 1.165) is 0 Å². The number of carbonyl (C=O) groups is 1. The zero-order valence-electron chi connectivity index (χ0n) is 15.2. The molecule has 3 rings (SSSR count). The van der Waals surface area contributed by atoms with E-state index < -0.39 is 11.7 Å². The molecule has 1 saturated heterocycles. The number of amides is 1. The Balaban J connectivity index is 1.86. The fraction of sp³-hybridized carbons (Fsp3) is 0.471. The Morgan fingerprint density at radius 3 is 2.52 bits per heavy atom. The summed E-state index contributed by atoms with van der Waals surface area (Å²) >= 11 is 9.66. The van der Waals surface area contributed by atoms with Gasteiger partial charge in [0.05, 0.1) is 10.5 Å². The smallest absolute Gasteiger partial charge is 0.410 e. The van der Waals surface area contributed by atoms with Gasteiger partial charge < -0.3 is 14.5 Å². The molecule has 146 valence electrons. The molecule has 1 fully saturated rings. The summed E-state index contributed by atoms with van der Waals surface area (Å²) in [4.78, 5) is 23.7. The lowest BCUT2D eigenvalue weighted by Gasteiger charge is -2.36. The number of nitrogens with zero attached hydrogens (tertiary/aromatic N) is 4. The minimum absolute atomic E-state index is 0.347. The number of anilines is 1. The quantitative estimate of drug-likeness (QED) is 0.463. The van der Waals surface area contributed by atoms with Crippen molar-refractivity contribution in [2.24, 2.45) is 0 Å². The minimum atomic E-state index is -0.801. The predicted octanol–water partition coefficient (Wildman–Crippen LogP) is 3.74. The molecule has 1 aromatic heterocycles. The Kier molecular flexibility index (Phi) is 5.80. The van der Waals surface area contributed by atoms with E-state index in [1.54, 1.807) is 11.0 Å². The third kappa shape index (κ3) is 4.44. The molecule has 2 aromatic rings. The van der Waals surface area contributed by atoms with Gasteiger partial charge in [-0.25, -0.2) is 9.78 Å². The summed E-state index contributed by atoms with van der Waals surface area (Å²) in [6.45, 7) is 7.42. The van der Waals surface area contributed by atoms with Crippen LogP contribution in [0.15, 0.2) is 10.5 Å². The van der Waals surface area contributed by atoms with Crippen LogP contribution in [0.25, 0.3) is 10.9 Å². The second kappa shape index (κ2) is 7.64. The maximum absolute atomic E-state index is 14.1. The lowest BCUT2D eigenvalue weighted by Crippen LogP contribution is -2.50. The number of rotatable bonds is 1. The fourth-order valence-corrected chi connectivity index (χ4v) is 3.84. The van der Waals surface area contributed by atoms with Crippen molar-refractivity contribution in [1.82, 2.24) is 14.9 Å². The molecular formula is C17H20BrClFN4O2P. The second-order valence-corrected chi connectivity index (χ2v) is 9.03. The van der Waals surface area contributed by atoms with Crippen LogP contribution in [0.2, 0.25) is 5.02 Å². The van der Waals surface area contributed by atoms with Crippen molar-refractivity contribution in [3.63, 3.8) is 0 Å². The highest BCUT2D eigenvalue weighted by Crippen LogP contribution is 2.32. The number of ether oxygens (including phenoxy) is 1. The minimum Gasteiger partial charge on any atom is -0.444 e. The SMILES string of the molecule is CC(C)(C)OC(=O)N1CCN(c2nc(F)nc3c(P)c(Br)c(Cl)cc23)CC1. The van der Waals surface area contributed by atoms with Crippen LogP contribution in [0.4, 0.5) is 15.0 Å². The lowest BCUT2D eigenvalue weighted by molar-refractivity contribution is 0.0240. The molecule has 0 N–H and O–H groups in total. The lowest BCUT2D eigenvalue weighted by atomic mass is 10.2. The Bertz CT molecular complexity index is 901. The van der Waals surface area contributed by atoms with E-state index in [1.807, 2.05) is 25.7 Å². The van der Waals surface area contributed by atoms with Gasteiger partial charge in [0.25, 0.3) is 0 Å². The number of carbonyl (C=O) groups excluding carboxylic acids is 1. The molecule has 1 aromatic carbocycles. The molecule has 27 heavy (non-hydrogen) atoms. The van der Waals surface area contributed by atoms with E-state index >= 15 is 0 Å². The molecule has 2 heterocycles. The first kappa shape index (κ1) is 20.5. The van der Waals surface area contributed by atoms with Gasteiger partial charge >= 0.3 is 12.2 Å². The molecule has 1 aliphatic rings. The molecule has 1 atom stereocenters. The van der Waals surface area contributed by atoms with Crippen LogP contribution in [0.1, 0.15) is 20.8 Å². The summed E-state index contributed by atoms with van der Waals surface area (Å²) in [6.07, 6.45) is -1.15. The van der Waals surface area contributed by atoms with Gasteiger partial charge in [0, 0.05) is 41.3 Å². The standard InChI is InChI=1S/C17H20BrClFN4O2P/c1-17(2,3)26-16(25)24-6-4-23(5-7-24)14-9-8-10(19)11(18)13(27)12(9)21-15(20)22-14/h8H,4-7,27H2,1-3H3. The largest absolute Gasteiger partial charge is 0.444 e.